The van der Waals surface area contributed by atoms with Crippen molar-refractivity contribution in [3.05, 3.63) is 0 Å². The van der Waals surface area contributed by atoms with Gasteiger partial charge in [0.2, 0.25) is 0 Å². The van der Waals surface area contributed by atoms with Crippen LogP contribution in [0.1, 0.15) is 19.8 Å². The van der Waals surface area contributed by atoms with Gasteiger partial charge in [-0.3, -0.25) is 0 Å². The maximum Gasteiger partial charge on any atom is 0.407 e. The quantitative estimate of drug-likeness (QED) is 0.541. The van der Waals surface area contributed by atoms with E-state index in [1.807, 2.05) is 6.92 Å². The Kier molecular flexibility index (Phi) is 2.34. The summed E-state index contributed by atoms with van der Waals surface area (Å²) in [4.78, 5) is 11.9. The molecule has 0 spiro atoms. The summed E-state index contributed by atoms with van der Waals surface area (Å²) in [6, 6.07) is -0.0451. The predicted molar refractivity (Wildman–Crippen MR) is 39.4 cm³/mol. The van der Waals surface area contributed by atoms with Crippen molar-refractivity contribution in [1.82, 2.24) is 4.90 Å². The van der Waals surface area contributed by atoms with Gasteiger partial charge in [0.25, 0.3) is 0 Å². The van der Waals surface area contributed by atoms with Crippen molar-refractivity contribution >= 4 is 6.09 Å². The van der Waals surface area contributed by atoms with E-state index in [0.29, 0.717) is 19.4 Å². The van der Waals surface area contributed by atoms with Crippen LogP contribution in [0.3, 0.4) is 0 Å². The monoisotopic (exact) mass is 159 g/mol. The van der Waals surface area contributed by atoms with Crippen molar-refractivity contribution in [2.24, 2.45) is 0 Å². The molecule has 0 bridgehead atoms. The number of amides is 1. The highest BCUT2D eigenvalue weighted by molar-refractivity contribution is 5.65. The van der Waals surface area contributed by atoms with Gasteiger partial charge in [-0.2, -0.15) is 0 Å². The van der Waals surface area contributed by atoms with Crippen LogP contribution in [0, 0.1) is 0 Å². The van der Waals surface area contributed by atoms with Gasteiger partial charge in [-0.25, -0.2) is 4.79 Å². The van der Waals surface area contributed by atoms with E-state index >= 15 is 0 Å². The van der Waals surface area contributed by atoms with Crippen LogP contribution >= 0.6 is 0 Å². The SMILES string of the molecule is C[C@@H]1C[C@@H](O)CCN1C(=O)O. The number of nitrogens with zero attached hydrogens (tertiary/aromatic N) is 1. The lowest BCUT2D eigenvalue weighted by atomic mass is 10.0. The summed E-state index contributed by atoms with van der Waals surface area (Å²) in [5.41, 5.74) is 0. The van der Waals surface area contributed by atoms with Crippen LogP contribution < -0.4 is 0 Å². The Bertz CT molecular complexity index is 160. The van der Waals surface area contributed by atoms with Gasteiger partial charge < -0.3 is 15.1 Å². The normalized spacial score (nSPS) is 32.0. The van der Waals surface area contributed by atoms with Crippen molar-refractivity contribution in [2.45, 2.75) is 31.9 Å². The van der Waals surface area contributed by atoms with Gasteiger partial charge >= 0.3 is 6.09 Å². The molecule has 1 aliphatic rings. The molecule has 1 fully saturated rings. The maximum absolute atomic E-state index is 10.5. The van der Waals surface area contributed by atoms with E-state index in [9.17, 15) is 4.79 Å². The molecule has 0 radical (unpaired) electrons. The van der Waals surface area contributed by atoms with Gasteiger partial charge in [0.1, 0.15) is 0 Å². The third-order valence-electron chi connectivity index (χ3n) is 2.09. The van der Waals surface area contributed by atoms with Crippen LogP contribution in [0.25, 0.3) is 0 Å². The van der Waals surface area contributed by atoms with E-state index in [1.165, 1.54) is 4.90 Å². The Morgan fingerprint density at radius 2 is 2.27 bits per heavy atom. The minimum atomic E-state index is -0.885. The molecule has 4 nitrogen and oxygen atoms in total. The number of carbonyl (C=O) groups is 1. The van der Waals surface area contributed by atoms with E-state index in [1.54, 1.807) is 0 Å². The Balaban J connectivity index is 2.50. The molecule has 2 N–H and O–H groups in total. The molecule has 64 valence electrons. The Morgan fingerprint density at radius 3 is 2.73 bits per heavy atom. The molecule has 2 atom stereocenters. The summed E-state index contributed by atoms with van der Waals surface area (Å²) in [7, 11) is 0. The van der Waals surface area contributed by atoms with E-state index in [0.717, 1.165) is 0 Å². The van der Waals surface area contributed by atoms with Gasteiger partial charge in [0.15, 0.2) is 0 Å². The minimum Gasteiger partial charge on any atom is -0.465 e. The van der Waals surface area contributed by atoms with Crippen LogP contribution in [0.4, 0.5) is 4.79 Å². The van der Waals surface area contributed by atoms with Crippen LogP contribution in [0.2, 0.25) is 0 Å². The van der Waals surface area contributed by atoms with Gasteiger partial charge in [0.05, 0.1) is 6.10 Å². The minimum absolute atomic E-state index is 0.0451. The zero-order valence-electron chi connectivity index (χ0n) is 6.53. The smallest absolute Gasteiger partial charge is 0.407 e. The Hall–Kier alpha value is -0.770. The lowest BCUT2D eigenvalue weighted by molar-refractivity contribution is 0.0488. The lowest BCUT2D eigenvalue weighted by Gasteiger charge is -2.33. The summed E-state index contributed by atoms with van der Waals surface area (Å²) in [6.07, 6.45) is -0.0758. The first-order valence-electron chi connectivity index (χ1n) is 3.79. The summed E-state index contributed by atoms with van der Waals surface area (Å²) >= 11 is 0. The van der Waals surface area contributed by atoms with E-state index in [-0.39, 0.29) is 12.1 Å². The van der Waals surface area contributed by atoms with Crippen LogP contribution in [-0.4, -0.2) is 39.9 Å². The zero-order valence-corrected chi connectivity index (χ0v) is 6.53. The molecule has 4 heteroatoms. The standard InChI is InChI=1S/C7H13NO3/c1-5-4-6(9)2-3-8(5)7(10)11/h5-6,9H,2-4H2,1H3,(H,10,11)/t5-,6+/m1/s1. The number of piperidine rings is 1. The second-order valence-electron chi connectivity index (χ2n) is 3.00. The summed E-state index contributed by atoms with van der Waals surface area (Å²) in [6.45, 7) is 2.27. The Morgan fingerprint density at radius 1 is 1.64 bits per heavy atom. The van der Waals surface area contributed by atoms with Gasteiger partial charge in [-0.15, -0.1) is 0 Å². The highest BCUT2D eigenvalue weighted by Gasteiger charge is 2.26. The summed E-state index contributed by atoms with van der Waals surface area (Å²) in [5, 5.41) is 17.8. The first-order valence-corrected chi connectivity index (χ1v) is 3.79. The average Bonchev–Trinajstić information content (AvgIpc) is 1.85. The molecule has 0 saturated carbocycles. The van der Waals surface area contributed by atoms with Gasteiger partial charge in [0, 0.05) is 12.6 Å². The lowest BCUT2D eigenvalue weighted by Crippen LogP contribution is -2.45. The van der Waals surface area contributed by atoms with Gasteiger partial charge in [-0.05, 0) is 19.8 Å². The molecule has 0 aliphatic carbocycles. The third-order valence-corrected chi connectivity index (χ3v) is 2.09. The van der Waals surface area contributed by atoms with E-state index < -0.39 is 6.09 Å². The number of aliphatic hydroxyl groups excluding tert-OH is 1. The third kappa shape index (κ3) is 1.83. The van der Waals surface area contributed by atoms with E-state index in [4.69, 9.17) is 10.2 Å². The summed E-state index contributed by atoms with van der Waals surface area (Å²) < 4.78 is 0. The second kappa shape index (κ2) is 3.09. The fourth-order valence-electron chi connectivity index (χ4n) is 1.43. The molecule has 0 unspecified atom stereocenters. The highest BCUT2D eigenvalue weighted by atomic mass is 16.4. The molecule has 1 aliphatic heterocycles. The fraction of sp³-hybridized carbons (Fsp3) is 0.857. The number of rotatable bonds is 0. The molecule has 0 aromatic heterocycles. The van der Waals surface area contributed by atoms with Crippen molar-refractivity contribution in [3.8, 4) is 0 Å². The van der Waals surface area contributed by atoms with Crippen molar-refractivity contribution in [3.63, 3.8) is 0 Å². The number of hydrogen-bond donors (Lipinski definition) is 2. The first kappa shape index (κ1) is 8.33. The molecule has 1 rings (SSSR count). The number of likely N-dealkylation sites (tertiary alicyclic amines) is 1. The molecule has 0 aromatic carbocycles. The topological polar surface area (TPSA) is 60.8 Å². The first-order chi connectivity index (χ1) is 5.11. The van der Waals surface area contributed by atoms with Crippen LogP contribution in [-0.2, 0) is 0 Å². The molecule has 11 heavy (non-hydrogen) atoms. The number of carboxylic acid groups (broad SMARTS) is 1. The van der Waals surface area contributed by atoms with Crippen molar-refractivity contribution in [2.75, 3.05) is 6.54 Å². The molecule has 1 heterocycles. The Labute approximate surface area is 65.4 Å². The van der Waals surface area contributed by atoms with E-state index in [2.05, 4.69) is 0 Å². The van der Waals surface area contributed by atoms with Crippen molar-refractivity contribution < 1.29 is 15.0 Å². The number of aliphatic hydroxyl groups is 1. The zero-order chi connectivity index (χ0) is 8.43. The maximum atomic E-state index is 10.5. The average molecular weight is 159 g/mol. The predicted octanol–water partition coefficient (Wildman–Crippen LogP) is 0.510. The molecule has 1 amide bonds. The number of hydrogen-bond acceptors (Lipinski definition) is 2. The summed E-state index contributed by atoms with van der Waals surface area (Å²) in [5.74, 6) is 0. The fourth-order valence-corrected chi connectivity index (χ4v) is 1.43. The molecule has 0 aromatic rings. The highest BCUT2D eigenvalue weighted by Crippen LogP contribution is 2.16. The van der Waals surface area contributed by atoms with Crippen LogP contribution in [0.15, 0.2) is 0 Å². The van der Waals surface area contributed by atoms with Crippen LogP contribution in [0.5, 0.6) is 0 Å². The second-order valence-corrected chi connectivity index (χ2v) is 3.00. The largest absolute Gasteiger partial charge is 0.465 e. The van der Waals surface area contributed by atoms with Gasteiger partial charge in [-0.1, -0.05) is 0 Å². The molecular formula is C7H13NO3. The molecule has 1 saturated heterocycles. The van der Waals surface area contributed by atoms with Crippen molar-refractivity contribution in [1.29, 1.82) is 0 Å². The molecular weight excluding hydrogens is 146 g/mol.